The van der Waals surface area contributed by atoms with E-state index in [1.54, 1.807) is 0 Å². The van der Waals surface area contributed by atoms with Crippen LogP contribution in [-0.4, -0.2) is 38.9 Å². The van der Waals surface area contributed by atoms with Crippen molar-refractivity contribution in [2.24, 2.45) is 0 Å². The number of nitrogens with zero attached hydrogens (tertiary/aromatic N) is 3. The summed E-state index contributed by atoms with van der Waals surface area (Å²) in [5, 5.41) is 8.84. The molecule has 2 heterocycles. The van der Waals surface area contributed by atoms with Gasteiger partial charge in [-0.15, -0.1) is 0 Å². The Morgan fingerprint density at radius 2 is 2.40 bits per heavy atom. The van der Waals surface area contributed by atoms with Gasteiger partial charge in [0.15, 0.2) is 5.82 Å². The summed E-state index contributed by atoms with van der Waals surface area (Å²) in [6.07, 6.45) is 3.38. The van der Waals surface area contributed by atoms with Gasteiger partial charge in [-0.1, -0.05) is 6.42 Å². The van der Waals surface area contributed by atoms with Gasteiger partial charge in [-0.2, -0.15) is 4.37 Å². The highest BCUT2D eigenvalue weighted by atomic mass is 32.1. The molecule has 0 aromatic carbocycles. The van der Waals surface area contributed by atoms with E-state index in [1.165, 1.54) is 6.42 Å². The Morgan fingerprint density at radius 3 is 3.00 bits per heavy atom. The largest absolute Gasteiger partial charge is 0.476 e. The van der Waals surface area contributed by atoms with Crippen molar-refractivity contribution in [1.82, 2.24) is 14.3 Å². The molecule has 1 aliphatic heterocycles. The second-order valence-electron chi connectivity index (χ2n) is 3.76. The van der Waals surface area contributed by atoms with E-state index in [0.29, 0.717) is 5.82 Å². The van der Waals surface area contributed by atoms with Crippen LogP contribution in [-0.2, 0) is 0 Å². The zero-order valence-electron chi connectivity index (χ0n) is 8.51. The van der Waals surface area contributed by atoms with Crippen LogP contribution < -0.4 is 0 Å². The SMILES string of the molecule is CN1CCCCC1c1nsc(C(=O)O)n1. The zero-order valence-corrected chi connectivity index (χ0v) is 9.33. The van der Waals surface area contributed by atoms with Gasteiger partial charge in [0.25, 0.3) is 0 Å². The van der Waals surface area contributed by atoms with Crippen molar-refractivity contribution in [1.29, 1.82) is 0 Å². The molecule has 15 heavy (non-hydrogen) atoms. The number of hydrogen-bond donors (Lipinski definition) is 1. The maximum atomic E-state index is 10.7. The van der Waals surface area contributed by atoms with Gasteiger partial charge in [-0.05, 0) is 38.0 Å². The van der Waals surface area contributed by atoms with Crippen molar-refractivity contribution in [3.05, 3.63) is 10.8 Å². The number of aromatic nitrogens is 2. The molecule has 1 atom stereocenters. The summed E-state index contributed by atoms with van der Waals surface area (Å²) in [4.78, 5) is 16.9. The molecule has 0 radical (unpaired) electrons. The van der Waals surface area contributed by atoms with E-state index in [0.717, 1.165) is 30.9 Å². The van der Waals surface area contributed by atoms with Gasteiger partial charge in [0.2, 0.25) is 5.01 Å². The van der Waals surface area contributed by atoms with E-state index < -0.39 is 5.97 Å². The molecule has 1 unspecified atom stereocenters. The van der Waals surface area contributed by atoms with E-state index in [2.05, 4.69) is 14.3 Å². The lowest BCUT2D eigenvalue weighted by Crippen LogP contribution is -2.30. The maximum absolute atomic E-state index is 10.7. The molecule has 6 heteroatoms. The van der Waals surface area contributed by atoms with E-state index in [9.17, 15) is 4.79 Å². The Hall–Kier alpha value is -1.01. The Labute approximate surface area is 91.9 Å². The van der Waals surface area contributed by atoms with Crippen molar-refractivity contribution in [2.45, 2.75) is 25.3 Å². The summed E-state index contributed by atoms with van der Waals surface area (Å²) >= 11 is 0.966. The van der Waals surface area contributed by atoms with Crippen molar-refractivity contribution >= 4 is 17.5 Å². The van der Waals surface area contributed by atoms with Crippen LogP contribution in [0.5, 0.6) is 0 Å². The number of carboxylic acid groups (broad SMARTS) is 1. The molecule has 0 aliphatic carbocycles. The van der Waals surface area contributed by atoms with Crippen molar-refractivity contribution in [3.8, 4) is 0 Å². The third-order valence-electron chi connectivity index (χ3n) is 2.69. The highest BCUT2D eigenvalue weighted by molar-refractivity contribution is 7.07. The third-order valence-corrected chi connectivity index (χ3v) is 3.41. The van der Waals surface area contributed by atoms with Crippen LogP contribution in [0, 0.1) is 0 Å². The average molecular weight is 227 g/mol. The number of carbonyl (C=O) groups is 1. The summed E-state index contributed by atoms with van der Waals surface area (Å²) in [5.74, 6) is -0.322. The normalized spacial score (nSPS) is 22.9. The predicted octanol–water partition coefficient (Wildman–Crippen LogP) is 1.39. The number of likely N-dealkylation sites (tertiary alicyclic amines) is 1. The van der Waals surface area contributed by atoms with Gasteiger partial charge in [0, 0.05) is 0 Å². The minimum absolute atomic E-state index is 0.0870. The topological polar surface area (TPSA) is 66.3 Å². The first-order chi connectivity index (χ1) is 7.18. The minimum Gasteiger partial charge on any atom is -0.476 e. The quantitative estimate of drug-likeness (QED) is 0.827. The lowest BCUT2D eigenvalue weighted by molar-refractivity contribution is 0.0695. The number of hydrogen-bond acceptors (Lipinski definition) is 5. The molecule has 0 spiro atoms. The van der Waals surface area contributed by atoms with Crippen LogP contribution >= 0.6 is 11.5 Å². The standard InChI is InChI=1S/C9H13N3O2S/c1-12-5-3-2-4-6(12)7-10-8(9(13)14)15-11-7/h6H,2-5H2,1H3,(H,13,14). The molecule has 1 N–H and O–H groups in total. The monoisotopic (exact) mass is 227 g/mol. The number of piperidine rings is 1. The van der Waals surface area contributed by atoms with Crippen LogP contribution in [0.2, 0.25) is 0 Å². The van der Waals surface area contributed by atoms with E-state index in [-0.39, 0.29) is 11.0 Å². The van der Waals surface area contributed by atoms with E-state index in [4.69, 9.17) is 5.11 Å². The van der Waals surface area contributed by atoms with Crippen molar-refractivity contribution in [2.75, 3.05) is 13.6 Å². The molecular weight excluding hydrogens is 214 g/mol. The van der Waals surface area contributed by atoms with Crippen LogP contribution in [0.25, 0.3) is 0 Å². The molecule has 1 fully saturated rings. The van der Waals surface area contributed by atoms with E-state index in [1.807, 2.05) is 7.05 Å². The molecule has 0 amide bonds. The Kier molecular flexibility index (Phi) is 2.97. The highest BCUT2D eigenvalue weighted by Gasteiger charge is 2.25. The lowest BCUT2D eigenvalue weighted by Gasteiger charge is -2.30. The highest BCUT2D eigenvalue weighted by Crippen LogP contribution is 2.28. The van der Waals surface area contributed by atoms with Gasteiger partial charge in [-0.3, -0.25) is 4.90 Å². The average Bonchev–Trinajstić information content (AvgIpc) is 2.67. The molecule has 1 aromatic rings. The first-order valence-corrected chi connectivity index (χ1v) is 5.73. The van der Waals surface area contributed by atoms with Gasteiger partial charge >= 0.3 is 5.97 Å². The fraction of sp³-hybridized carbons (Fsp3) is 0.667. The second kappa shape index (κ2) is 4.24. The summed E-state index contributed by atoms with van der Waals surface area (Å²) in [6.45, 7) is 1.03. The van der Waals surface area contributed by atoms with Crippen molar-refractivity contribution in [3.63, 3.8) is 0 Å². The first kappa shape index (κ1) is 10.5. The lowest BCUT2D eigenvalue weighted by atomic mass is 10.0. The van der Waals surface area contributed by atoms with Gasteiger partial charge in [0.1, 0.15) is 0 Å². The fourth-order valence-corrected chi connectivity index (χ4v) is 2.41. The molecule has 1 aliphatic rings. The molecule has 0 saturated carbocycles. The summed E-state index contributed by atoms with van der Waals surface area (Å²) in [7, 11) is 2.03. The van der Waals surface area contributed by atoms with Crippen LogP contribution in [0.1, 0.15) is 40.9 Å². The summed E-state index contributed by atoms with van der Waals surface area (Å²) in [6, 6.07) is 0.197. The van der Waals surface area contributed by atoms with Crippen LogP contribution in [0.3, 0.4) is 0 Å². The Bertz CT molecular complexity index is 366. The van der Waals surface area contributed by atoms with Gasteiger partial charge in [-0.25, -0.2) is 9.78 Å². The van der Waals surface area contributed by atoms with Gasteiger partial charge in [0.05, 0.1) is 6.04 Å². The fourth-order valence-electron chi connectivity index (χ4n) is 1.86. The van der Waals surface area contributed by atoms with Crippen LogP contribution in [0.4, 0.5) is 0 Å². The zero-order chi connectivity index (χ0) is 10.8. The molecule has 1 saturated heterocycles. The predicted molar refractivity (Wildman–Crippen MR) is 56.1 cm³/mol. The third kappa shape index (κ3) is 2.15. The van der Waals surface area contributed by atoms with Gasteiger partial charge < -0.3 is 5.11 Å². The smallest absolute Gasteiger partial charge is 0.366 e. The number of aromatic carboxylic acids is 1. The Morgan fingerprint density at radius 1 is 1.60 bits per heavy atom. The molecule has 5 nitrogen and oxygen atoms in total. The summed E-state index contributed by atoms with van der Waals surface area (Å²) < 4.78 is 4.12. The minimum atomic E-state index is -0.989. The molecule has 82 valence electrons. The molecular formula is C9H13N3O2S. The second-order valence-corrected chi connectivity index (χ2v) is 4.51. The molecule has 1 aromatic heterocycles. The van der Waals surface area contributed by atoms with Crippen molar-refractivity contribution < 1.29 is 9.90 Å². The molecule has 0 bridgehead atoms. The number of rotatable bonds is 2. The first-order valence-electron chi connectivity index (χ1n) is 4.95. The molecule has 2 rings (SSSR count). The number of carboxylic acids is 1. The van der Waals surface area contributed by atoms with E-state index >= 15 is 0 Å². The van der Waals surface area contributed by atoms with Crippen LogP contribution in [0.15, 0.2) is 0 Å². The summed E-state index contributed by atoms with van der Waals surface area (Å²) in [5.41, 5.74) is 0. The Balaban J connectivity index is 2.17. The maximum Gasteiger partial charge on any atom is 0.366 e.